The molecule has 0 bridgehead atoms. The predicted octanol–water partition coefficient (Wildman–Crippen LogP) is 3.08. The fourth-order valence-electron chi connectivity index (χ4n) is 2.30. The third-order valence-electron chi connectivity index (χ3n) is 3.38. The minimum absolute atomic E-state index is 0.451. The first-order chi connectivity index (χ1) is 7.75. The maximum atomic E-state index is 5.28. The first kappa shape index (κ1) is 11.6. The highest BCUT2D eigenvalue weighted by Gasteiger charge is 2.14. The first-order valence-electron chi connectivity index (χ1n) is 6.42. The normalized spacial score (nSPS) is 17.4. The van der Waals surface area contributed by atoms with E-state index in [4.69, 9.17) is 4.52 Å². The number of nitrogens with zero attached hydrogens (tertiary/aromatic N) is 1. The Morgan fingerprint density at radius 1 is 1.44 bits per heavy atom. The van der Waals surface area contributed by atoms with Gasteiger partial charge in [-0.2, -0.15) is 0 Å². The summed E-state index contributed by atoms with van der Waals surface area (Å²) in [5.41, 5.74) is 1.05. The van der Waals surface area contributed by atoms with Crippen molar-refractivity contribution in [1.29, 1.82) is 0 Å². The number of hydrogen-bond acceptors (Lipinski definition) is 3. The summed E-state index contributed by atoms with van der Waals surface area (Å²) in [4.78, 5) is 0. The van der Waals surface area contributed by atoms with Crippen LogP contribution in [-0.2, 0) is 6.54 Å². The first-order valence-corrected chi connectivity index (χ1v) is 6.42. The summed E-state index contributed by atoms with van der Waals surface area (Å²) in [6, 6.07) is 2.06. The van der Waals surface area contributed by atoms with Crippen molar-refractivity contribution in [1.82, 2.24) is 10.5 Å². The quantitative estimate of drug-likeness (QED) is 0.832. The van der Waals surface area contributed by atoms with Gasteiger partial charge in [0.05, 0.1) is 12.2 Å². The smallest absolute Gasteiger partial charge is 0.150 e. The van der Waals surface area contributed by atoms with Gasteiger partial charge in [-0.1, -0.05) is 31.8 Å². The molecule has 0 unspecified atom stereocenters. The van der Waals surface area contributed by atoms with Gasteiger partial charge in [0.1, 0.15) is 0 Å². The van der Waals surface area contributed by atoms with Crippen LogP contribution in [0.2, 0.25) is 0 Å². The van der Waals surface area contributed by atoms with Gasteiger partial charge in [0.2, 0.25) is 0 Å². The summed E-state index contributed by atoms with van der Waals surface area (Å²) in [5, 5.41) is 7.51. The summed E-state index contributed by atoms with van der Waals surface area (Å²) >= 11 is 0. The molecule has 1 aliphatic rings. The molecular formula is C13H22N2O. The monoisotopic (exact) mass is 222 g/mol. The van der Waals surface area contributed by atoms with Crippen LogP contribution in [0.1, 0.15) is 56.9 Å². The Bertz CT molecular complexity index is 313. The van der Waals surface area contributed by atoms with E-state index in [1.807, 2.05) is 0 Å². The molecule has 3 heteroatoms. The summed E-state index contributed by atoms with van der Waals surface area (Å²) in [6.45, 7) is 6.20. The van der Waals surface area contributed by atoms with Gasteiger partial charge in [0, 0.05) is 6.07 Å². The minimum atomic E-state index is 0.451. The molecule has 0 aromatic carbocycles. The minimum Gasteiger partial charge on any atom is -0.360 e. The van der Waals surface area contributed by atoms with E-state index in [9.17, 15) is 0 Å². The lowest BCUT2D eigenvalue weighted by molar-refractivity contribution is 0.359. The Morgan fingerprint density at radius 3 is 2.81 bits per heavy atom. The van der Waals surface area contributed by atoms with Crippen molar-refractivity contribution in [3.63, 3.8) is 0 Å². The second kappa shape index (κ2) is 5.48. The predicted molar refractivity (Wildman–Crippen MR) is 64.3 cm³/mol. The van der Waals surface area contributed by atoms with Crippen molar-refractivity contribution in [2.75, 3.05) is 6.54 Å². The number of aromatic nitrogens is 1. The SMILES string of the molecule is CC(C)c1cc(CNCC2CCCC2)on1. The van der Waals surface area contributed by atoms with Crippen LogP contribution in [0, 0.1) is 5.92 Å². The Kier molecular flexibility index (Phi) is 3.99. The van der Waals surface area contributed by atoms with Crippen molar-refractivity contribution < 1.29 is 4.52 Å². The van der Waals surface area contributed by atoms with Crippen LogP contribution < -0.4 is 5.32 Å². The van der Waals surface area contributed by atoms with Crippen molar-refractivity contribution in [3.05, 3.63) is 17.5 Å². The molecule has 3 nitrogen and oxygen atoms in total. The molecular weight excluding hydrogens is 200 g/mol. The molecule has 1 aromatic rings. The molecule has 1 fully saturated rings. The Morgan fingerprint density at radius 2 is 2.19 bits per heavy atom. The van der Waals surface area contributed by atoms with Crippen LogP contribution >= 0.6 is 0 Å². The highest BCUT2D eigenvalue weighted by molar-refractivity contribution is 5.08. The number of nitrogens with one attached hydrogen (secondary N) is 1. The Hall–Kier alpha value is -0.830. The van der Waals surface area contributed by atoms with E-state index >= 15 is 0 Å². The van der Waals surface area contributed by atoms with E-state index in [0.29, 0.717) is 5.92 Å². The van der Waals surface area contributed by atoms with Crippen LogP contribution in [0.3, 0.4) is 0 Å². The van der Waals surface area contributed by atoms with Gasteiger partial charge in [-0.25, -0.2) is 0 Å². The zero-order chi connectivity index (χ0) is 11.4. The van der Waals surface area contributed by atoms with Crippen LogP contribution in [0.5, 0.6) is 0 Å². The Labute approximate surface area is 97.6 Å². The van der Waals surface area contributed by atoms with Crippen molar-refractivity contribution in [2.45, 2.75) is 52.0 Å². The molecule has 1 heterocycles. The maximum absolute atomic E-state index is 5.28. The van der Waals surface area contributed by atoms with E-state index < -0.39 is 0 Å². The molecule has 1 aliphatic carbocycles. The van der Waals surface area contributed by atoms with Gasteiger partial charge >= 0.3 is 0 Å². The summed E-state index contributed by atoms with van der Waals surface area (Å²) in [5.74, 6) is 2.29. The van der Waals surface area contributed by atoms with E-state index in [2.05, 4.69) is 30.4 Å². The third-order valence-corrected chi connectivity index (χ3v) is 3.38. The molecule has 1 N–H and O–H groups in total. The number of rotatable bonds is 5. The standard InChI is InChI=1S/C13H22N2O/c1-10(2)13-7-12(16-15-13)9-14-8-11-5-3-4-6-11/h7,10-11,14H,3-6,8-9H2,1-2H3. The van der Waals surface area contributed by atoms with Crippen LogP contribution in [0.15, 0.2) is 10.6 Å². The van der Waals surface area contributed by atoms with Gasteiger partial charge < -0.3 is 9.84 Å². The molecule has 0 atom stereocenters. The molecule has 0 aliphatic heterocycles. The summed E-state index contributed by atoms with van der Waals surface area (Å²) in [7, 11) is 0. The van der Waals surface area contributed by atoms with E-state index in [-0.39, 0.29) is 0 Å². The summed E-state index contributed by atoms with van der Waals surface area (Å²) in [6.07, 6.45) is 5.60. The lowest BCUT2D eigenvalue weighted by Gasteiger charge is -2.08. The largest absolute Gasteiger partial charge is 0.360 e. The maximum Gasteiger partial charge on any atom is 0.150 e. The number of hydrogen-bond donors (Lipinski definition) is 1. The molecule has 90 valence electrons. The van der Waals surface area contributed by atoms with Crippen LogP contribution in [0.4, 0.5) is 0 Å². The van der Waals surface area contributed by atoms with Crippen molar-refractivity contribution >= 4 is 0 Å². The average Bonchev–Trinajstić information content (AvgIpc) is 2.87. The molecule has 0 saturated heterocycles. The third kappa shape index (κ3) is 3.08. The molecule has 16 heavy (non-hydrogen) atoms. The zero-order valence-electron chi connectivity index (χ0n) is 10.3. The van der Waals surface area contributed by atoms with Crippen LogP contribution in [-0.4, -0.2) is 11.7 Å². The fraction of sp³-hybridized carbons (Fsp3) is 0.769. The Balaban J connectivity index is 1.72. The average molecular weight is 222 g/mol. The fourth-order valence-corrected chi connectivity index (χ4v) is 2.30. The second-order valence-corrected chi connectivity index (χ2v) is 5.15. The van der Waals surface area contributed by atoms with Crippen LogP contribution in [0.25, 0.3) is 0 Å². The topological polar surface area (TPSA) is 38.1 Å². The molecule has 1 aromatic heterocycles. The van der Waals surface area contributed by atoms with Gasteiger partial charge in [-0.15, -0.1) is 0 Å². The van der Waals surface area contributed by atoms with Gasteiger partial charge in [-0.3, -0.25) is 0 Å². The second-order valence-electron chi connectivity index (χ2n) is 5.15. The molecule has 2 rings (SSSR count). The molecule has 0 amide bonds. The van der Waals surface area contributed by atoms with Gasteiger partial charge in [0.25, 0.3) is 0 Å². The van der Waals surface area contributed by atoms with E-state index in [0.717, 1.165) is 30.5 Å². The highest BCUT2D eigenvalue weighted by Crippen LogP contribution is 2.23. The lowest BCUT2D eigenvalue weighted by Crippen LogP contribution is -2.20. The van der Waals surface area contributed by atoms with Gasteiger partial charge in [0.15, 0.2) is 5.76 Å². The van der Waals surface area contributed by atoms with E-state index in [1.165, 1.54) is 25.7 Å². The van der Waals surface area contributed by atoms with E-state index in [1.54, 1.807) is 0 Å². The molecule has 0 radical (unpaired) electrons. The summed E-state index contributed by atoms with van der Waals surface area (Å²) < 4.78 is 5.28. The lowest BCUT2D eigenvalue weighted by atomic mass is 10.1. The molecule has 0 spiro atoms. The molecule has 1 saturated carbocycles. The van der Waals surface area contributed by atoms with Crippen molar-refractivity contribution in [3.8, 4) is 0 Å². The highest BCUT2D eigenvalue weighted by atomic mass is 16.5. The van der Waals surface area contributed by atoms with Gasteiger partial charge in [-0.05, 0) is 31.2 Å². The van der Waals surface area contributed by atoms with Crippen molar-refractivity contribution in [2.24, 2.45) is 5.92 Å². The zero-order valence-corrected chi connectivity index (χ0v) is 10.3.